The number of hydrogen-bond donors (Lipinski definition) is 1. The van der Waals surface area contributed by atoms with Crippen LogP contribution < -0.4 is 5.32 Å². The Balaban J connectivity index is 1.92. The number of esters is 1. The maximum absolute atomic E-state index is 13.4. The largest absolute Gasteiger partial charge is 0.452 e. The molecule has 0 aliphatic rings. The Morgan fingerprint density at radius 2 is 1.95 bits per heavy atom. The Morgan fingerprint density at radius 3 is 2.55 bits per heavy atom. The molecule has 0 aliphatic heterocycles. The van der Waals surface area contributed by atoms with Crippen molar-refractivity contribution in [2.24, 2.45) is 0 Å². The third-order valence-corrected chi connectivity index (χ3v) is 3.77. The van der Waals surface area contributed by atoms with E-state index < -0.39 is 30.1 Å². The van der Waals surface area contributed by atoms with Crippen LogP contribution >= 0.6 is 11.3 Å². The van der Waals surface area contributed by atoms with Gasteiger partial charge in [0.2, 0.25) is 0 Å². The molecule has 1 N–H and O–H groups in total. The van der Waals surface area contributed by atoms with Crippen molar-refractivity contribution >= 4 is 28.9 Å². The van der Waals surface area contributed by atoms with Gasteiger partial charge in [-0.05, 0) is 32.0 Å². The van der Waals surface area contributed by atoms with Crippen molar-refractivity contribution in [3.05, 3.63) is 51.2 Å². The first-order valence-electron chi connectivity index (χ1n) is 6.36. The van der Waals surface area contributed by atoms with Gasteiger partial charge in [-0.3, -0.25) is 4.79 Å². The first-order valence-corrected chi connectivity index (χ1v) is 7.17. The quantitative estimate of drug-likeness (QED) is 0.876. The summed E-state index contributed by atoms with van der Waals surface area (Å²) in [7, 11) is 0. The number of halogens is 2. The zero-order valence-electron chi connectivity index (χ0n) is 11.9. The predicted molar refractivity (Wildman–Crippen MR) is 79.1 cm³/mol. The highest BCUT2D eigenvalue weighted by Crippen LogP contribution is 2.21. The Labute approximate surface area is 129 Å². The predicted octanol–water partition coefficient (Wildman–Crippen LogP) is 3.44. The lowest BCUT2D eigenvalue weighted by Crippen LogP contribution is -2.21. The van der Waals surface area contributed by atoms with E-state index in [2.05, 4.69) is 5.32 Å². The molecule has 1 amide bonds. The molecule has 0 unspecified atom stereocenters. The average molecular weight is 325 g/mol. The van der Waals surface area contributed by atoms with E-state index in [0.717, 1.165) is 21.9 Å². The van der Waals surface area contributed by atoms with Crippen molar-refractivity contribution in [2.75, 3.05) is 11.9 Å². The van der Waals surface area contributed by atoms with Gasteiger partial charge in [0.15, 0.2) is 6.61 Å². The molecule has 1 aromatic heterocycles. The highest BCUT2D eigenvalue weighted by atomic mass is 32.1. The minimum Gasteiger partial charge on any atom is -0.452 e. The van der Waals surface area contributed by atoms with Crippen LogP contribution in [0.1, 0.15) is 20.1 Å². The summed E-state index contributed by atoms with van der Waals surface area (Å²) < 4.78 is 31.0. The van der Waals surface area contributed by atoms with Crippen LogP contribution in [0.4, 0.5) is 14.5 Å². The smallest absolute Gasteiger partial charge is 0.339 e. The third-order valence-electron chi connectivity index (χ3n) is 2.80. The van der Waals surface area contributed by atoms with Gasteiger partial charge in [0.25, 0.3) is 5.91 Å². The second-order valence-electron chi connectivity index (χ2n) is 4.58. The summed E-state index contributed by atoms with van der Waals surface area (Å²) in [6.07, 6.45) is 0. The van der Waals surface area contributed by atoms with Crippen LogP contribution in [0.15, 0.2) is 24.3 Å². The molecule has 0 spiro atoms. The van der Waals surface area contributed by atoms with Crippen molar-refractivity contribution in [3.63, 3.8) is 0 Å². The standard InChI is InChI=1S/C15H13F2NO3S/c1-8-5-11(9(2)22-8)15(20)21-7-14(19)18-13-4-3-10(16)6-12(13)17/h3-6H,7H2,1-2H3,(H,18,19). The van der Waals surface area contributed by atoms with E-state index in [0.29, 0.717) is 11.6 Å². The fourth-order valence-corrected chi connectivity index (χ4v) is 2.73. The fourth-order valence-electron chi connectivity index (χ4n) is 1.82. The number of anilines is 1. The lowest BCUT2D eigenvalue weighted by atomic mass is 10.2. The summed E-state index contributed by atoms with van der Waals surface area (Å²) in [4.78, 5) is 25.2. The van der Waals surface area contributed by atoms with Crippen molar-refractivity contribution in [1.82, 2.24) is 0 Å². The van der Waals surface area contributed by atoms with Gasteiger partial charge in [-0.1, -0.05) is 0 Å². The summed E-state index contributed by atoms with van der Waals surface area (Å²) in [5.41, 5.74) is 0.230. The van der Waals surface area contributed by atoms with E-state index in [1.54, 1.807) is 13.0 Å². The average Bonchev–Trinajstić information content (AvgIpc) is 2.78. The molecule has 2 aromatic rings. The van der Waals surface area contributed by atoms with Gasteiger partial charge >= 0.3 is 5.97 Å². The number of thiophene rings is 1. The van der Waals surface area contributed by atoms with E-state index in [9.17, 15) is 18.4 Å². The maximum atomic E-state index is 13.4. The first kappa shape index (κ1) is 16.1. The summed E-state index contributed by atoms with van der Waals surface area (Å²) in [5, 5.41) is 2.21. The van der Waals surface area contributed by atoms with Gasteiger partial charge in [0.1, 0.15) is 11.6 Å². The molecular weight excluding hydrogens is 312 g/mol. The number of rotatable bonds is 4. The molecule has 0 bridgehead atoms. The van der Waals surface area contributed by atoms with Gasteiger partial charge in [-0.25, -0.2) is 13.6 Å². The molecule has 116 valence electrons. The molecule has 22 heavy (non-hydrogen) atoms. The lowest BCUT2D eigenvalue weighted by Gasteiger charge is -2.07. The molecule has 0 radical (unpaired) electrons. The van der Waals surface area contributed by atoms with Crippen LogP contribution in [0.25, 0.3) is 0 Å². The molecule has 1 heterocycles. The number of carbonyl (C=O) groups is 2. The second kappa shape index (κ2) is 6.65. The van der Waals surface area contributed by atoms with E-state index in [4.69, 9.17) is 4.74 Å². The number of ether oxygens (including phenoxy) is 1. The van der Waals surface area contributed by atoms with Crippen molar-refractivity contribution in [2.45, 2.75) is 13.8 Å². The molecular formula is C15H13F2NO3S. The van der Waals surface area contributed by atoms with Gasteiger partial charge in [-0.15, -0.1) is 11.3 Å². The molecule has 4 nitrogen and oxygen atoms in total. The van der Waals surface area contributed by atoms with E-state index in [-0.39, 0.29) is 5.69 Å². The topological polar surface area (TPSA) is 55.4 Å². The zero-order chi connectivity index (χ0) is 16.3. The molecule has 2 rings (SSSR count). The normalized spacial score (nSPS) is 10.4. The van der Waals surface area contributed by atoms with Gasteiger partial charge < -0.3 is 10.1 Å². The van der Waals surface area contributed by atoms with E-state index in [1.807, 2.05) is 6.92 Å². The molecule has 0 saturated heterocycles. The van der Waals surface area contributed by atoms with Crippen LogP contribution in [0, 0.1) is 25.5 Å². The first-order chi connectivity index (χ1) is 10.4. The Bertz CT molecular complexity index is 728. The third kappa shape index (κ3) is 3.88. The summed E-state index contributed by atoms with van der Waals surface area (Å²) >= 11 is 1.45. The van der Waals surface area contributed by atoms with Crippen LogP contribution in [-0.2, 0) is 9.53 Å². The monoisotopic (exact) mass is 325 g/mol. The number of carbonyl (C=O) groups excluding carboxylic acids is 2. The number of hydrogen-bond acceptors (Lipinski definition) is 4. The zero-order valence-corrected chi connectivity index (χ0v) is 12.7. The van der Waals surface area contributed by atoms with Crippen molar-refractivity contribution in [1.29, 1.82) is 0 Å². The highest BCUT2D eigenvalue weighted by Gasteiger charge is 2.15. The molecule has 0 saturated carbocycles. The fraction of sp³-hybridized carbons (Fsp3) is 0.200. The minimum atomic E-state index is -0.899. The van der Waals surface area contributed by atoms with Crippen LogP contribution in [0.2, 0.25) is 0 Å². The molecule has 0 aliphatic carbocycles. The Morgan fingerprint density at radius 1 is 1.23 bits per heavy atom. The summed E-state index contributed by atoms with van der Waals surface area (Å²) in [5.74, 6) is -2.96. The lowest BCUT2D eigenvalue weighted by molar-refractivity contribution is -0.119. The van der Waals surface area contributed by atoms with Crippen LogP contribution in [0.5, 0.6) is 0 Å². The van der Waals surface area contributed by atoms with Crippen LogP contribution in [0.3, 0.4) is 0 Å². The van der Waals surface area contributed by atoms with Crippen LogP contribution in [-0.4, -0.2) is 18.5 Å². The summed E-state index contributed by atoms with van der Waals surface area (Å²) in [6, 6.07) is 4.44. The van der Waals surface area contributed by atoms with Gasteiger partial charge in [-0.2, -0.15) is 0 Å². The second-order valence-corrected chi connectivity index (χ2v) is 6.04. The maximum Gasteiger partial charge on any atom is 0.339 e. The molecule has 0 fully saturated rings. The molecule has 1 aromatic carbocycles. The Hall–Kier alpha value is -2.28. The number of aryl methyl sites for hydroxylation is 2. The Kier molecular flexibility index (Phi) is 4.87. The van der Waals surface area contributed by atoms with Crippen molar-refractivity contribution < 1.29 is 23.1 Å². The highest BCUT2D eigenvalue weighted by molar-refractivity contribution is 7.12. The molecule has 0 atom stereocenters. The van der Waals surface area contributed by atoms with E-state index >= 15 is 0 Å². The van der Waals surface area contributed by atoms with Gasteiger partial charge in [0, 0.05) is 15.8 Å². The minimum absolute atomic E-state index is 0.176. The van der Waals surface area contributed by atoms with Crippen molar-refractivity contribution in [3.8, 4) is 0 Å². The number of amides is 1. The number of nitrogens with one attached hydrogen (secondary N) is 1. The molecule has 7 heteroatoms. The summed E-state index contributed by atoms with van der Waals surface area (Å²) in [6.45, 7) is 3.09. The number of benzene rings is 1. The van der Waals surface area contributed by atoms with E-state index in [1.165, 1.54) is 11.3 Å². The SMILES string of the molecule is Cc1cc(C(=O)OCC(=O)Nc2ccc(F)cc2F)c(C)s1. The van der Waals surface area contributed by atoms with Gasteiger partial charge in [0.05, 0.1) is 11.3 Å².